The van der Waals surface area contributed by atoms with Crippen LogP contribution in [0.2, 0.25) is 0 Å². The third-order valence-corrected chi connectivity index (χ3v) is 4.09. The SMILES string of the molecule is Cc1ncc(C(=O)NC2CCCN(c3ncc[nH]c3=O)C2)c(C)n1. The molecule has 1 aliphatic heterocycles. The second kappa shape index (κ2) is 6.77. The number of piperidine rings is 1. The van der Waals surface area contributed by atoms with Gasteiger partial charge in [0.05, 0.1) is 11.3 Å². The molecule has 2 N–H and O–H groups in total. The molecular formula is C16H20N6O2. The summed E-state index contributed by atoms with van der Waals surface area (Å²) >= 11 is 0. The minimum atomic E-state index is -0.216. The lowest BCUT2D eigenvalue weighted by molar-refractivity contribution is 0.0931. The van der Waals surface area contributed by atoms with Crippen LogP contribution in [-0.2, 0) is 0 Å². The van der Waals surface area contributed by atoms with Gasteiger partial charge in [-0.05, 0) is 26.7 Å². The molecule has 2 aromatic rings. The Balaban J connectivity index is 1.70. The Morgan fingerprint density at radius 1 is 1.38 bits per heavy atom. The largest absolute Gasteiger partial charge is 0.350 e. The van der Waals surface area contributed by atoms with Crippen molar-refractivity contribution in [2.75, 3.05) is 18.0 Å². The average molecular weight is 328 g/mol. The lowest BCUT2D eigenvalue weighted by Crippen LogP contribution is -2.49. The van der Waals surface area contributed by atoms with Crippen molar-refractivity contribution in [2.24, 2.45) is 0 Å². The van der Waals surface area contributed by atoms with E-state index in [0.29, 0.717) is 29.4 Å². The molecule has 1 aliphatic rings. The van der Waals surface area contributed by atoms with Crippen molar-refractivity contribution in [3.63, 3.8) is 0 Å². The first-order valence-corrected chi connectivity index (χ1v) is 7.94. The molecule has 1 amide bonds. The number of aryl methyl sites for hydroxylation is 2. The maximum atomic E-state index is 12.5. The number of anilines is 1. The molecule has 0 aliphatic carbocycles. The second-order valence-electron chi connectivity index (χ2n) is 5.92. The number of nitrogens with zero attached hydrogens (tertiary/aromatic N) is 4. The van der Waals surface area contributed by atoms with E-state index in [9.17, 15) is 9.59 Å². The lowest BCUT2D eigenvalue weighted by Gasteiger charge is -2.33. The zero-order chi connectivity index (χ0) is 17.1. The number of rotatable bonds is 3. The molecule has 0 saturated carbocycles. The zero-order valence-electron chi connectivity index (χ0n) is 13.7. The fraction of sp³-hybridized carbons (Fsp3) is 0.438. The summed E-state index contributed by atoms with van der Waals surface area (Å²) in [5, 5.41) is 3.01. The molecule has 0 spiro atoms. The molecular weight excluding hydrogens is 308 g/mol. The van der Waals surface area contributed by atoms with Gasteiger partial charge in [-0.25, -0.2) is 15.0 Å². The van der Waals surface area contributed by atoms with Crippen LogP contribution in [0.5, 0.6) is 0 Å². The third-order valence-electron chi connectivity index (χ3n) is 4.09. The Bertz CT molecular complexity index is 803. The van der Waals surface area contributed by atoms with Crippen LogP contribution in [-0.4, -0.2) is 45.0 Å². The van der Waals surface area contributed by atoms with Crippen molar-refractivity contribution in [1.82, 2.24) is 25.3 Å². The van der Waals surface area contributed by atoms with E-state index in [2.05, 4.69) is 25.3 Å². The Morgan fingerprint density at radius 2 is 2.21 bits per heavy atom. The fourth-order valence-corrected chi connectivity index (χ4v) is 2.93. The molecule has 3 heterocycles. The van der Waals surface area contributed by atoms with Crippen LogP contribution in [0.25, 0.3) is 0 Å². The van der Waals surface area contributed by atoms with Crippen LogP contribution in [0.4, 0.5) is 5.82 Å². The first-order chi connectivity index (χ1) is 11.5. The summed E-state index contributed by atoms with van der Waals surface area (Å²) in [5.41, 5.74) is 0.925. The van der Waals surface area contributed by atoms with Crippen LogP contribution in [0.15, 0.2) is 23.4 Å². The average Bonchev–Trinajstić information content (AvgIpc) is 2.55. The number of carbonyl (C=O) groups excluding carboxylic acids is 1. The minimum absolute atomic E-state index is 0.0478. The van der Waals surface area contributed by atoms with Crippen molar-refractivity contribution in [1.29, 1.82) is 0 Å². The summed E-state index contributed by atoms with van der Waals surface area (Å²) < 4.78 is 0. The summed E-state index contributed by atoms with van der Waals surface area (Å²) in [6.07, 6.45) is 6.36. The predicted molar refractivity (Wildman–Crippen MR) is 89.1 cm³/mol. The van der Waals surface area contributed by atoms with Gasteiger partial charge in [-0.3, -0.25) is 9.59 Å². The number of hydrogen-bond acceptors (Lipinski definition) is 6. The lowest BCUT2D eigenvalue weighted by atomic mass is 10.0. The summed E-state index contributed by atoms with van der Waals surface area (Å²) in [6.45, 7) is 4.89. The van der Waals surface area contributed by atoms with E-state index in [4.69, 9.17) is 0 Å². The van der Waals surface area contributed by atoms with Crippen LogP contribution in [0.1, 0.15) is 34.7 Å². The molecule has 2 aromatic heterocycles. The van der Waals surface area contributed by atoms with Gasteiger partial charge in [0, 0.05) is 37.7 Å². The summed E-state index contributed by atoms with van der Waals surface area (Å²) in [5.74, 6) is 0.850. The van der Waals surface area contributed by atoms with E-state index in [1.165, 1.54) is 6.20 Å². The fourth-order valence-electron chi connectivity index (χ4n) is 2.93. The quantitative estimate of drug-likeness (QED) is 0.854. The number of carbonyl (C=O) groups is 1. The molecule has 0 radical (unpaired) electrons. The summed E-state index contributed by atoms with van der Waals surface area (Å²) in [6, 6.07) is -0.0478. The summed E-state index contributed by atoms with van der Waals surface area (Å²) in [7, 11) is 0. The van der Waals surface area contributed by atoms with Gasteiger partial charge in [0.25, 0.3) is 11.5 Å². The highest BCUT2D eigenvalue weighted by Gasteiger charge is 2.24. The molecule has 1 unspecified atom stereocenters. The van der Waals surface area contributed by atoms with Crippen molar-refractivity contribution in [3.8, 4) is 0 Å². The maximum Gasteiger partial charge on any atom is 0.290 e. The smallest absolute Gasteiger partial charge is 0.290 e. The Kier molecular flexibility index (Phi) is 4.54. The van der Waals surface area contributed by atoms with Gasteiger partial charge < -0.3 is 15.2 Å². The Labute approximate surface area is 139 Å². The molecule has 8 heteroatoms. The molecule has 126 valence electrons. The first-order valence-electron chi connectivity index (χ1n) is 7.94. The van der Waals surface area contributed by atoms with E-state index in [1.807, 2.05) is 4.90 Å². The van der Waals surface area contributed by atoms with Gasteiger partial charge >= 0.3 is 0 Å². The van der Waals surface area contributed by atoms with E-state index in [0.717, 1.165) is 19.4 Å². The van der Waals surface area contributed by atoms with Gasteiger partial charge in [0.2, 0.25) is 0 Å². The van der Waals surface area contributed by atoms with Crippen molar-refractivity contribution in [2.45, 2.75) is 32.7 Å². The molecule has 0 bridgehead atoms. The predicted octanol–water partition coefficient (Wildman–Crippen LogP) is 0.576. The number of H-pyrrole nitrogens is 1. The highest BCUT2D eigenvalue weighted by atomic mass is 16.2. The van der Waals surface area contributed by atoms with Crippen molar-refractivity contribution in [3.05, 3.63) is 46.0 Å². The Morgan fingerprint density at radius 3 is 2.96 bits per heavy atom. The molecule has 3 rings (SSSR count). The van der Waals surface area contributed by atoms with Crippen LogP contribution < -0.4 is 15.8 Å². The normalized spacial score (nSPS) is 17.6. The van der Waals surface area contributed by atoms with Gasteiger partial charge in [0.1, 0.15) is 5.82 Å². The van der Waals surface area contributed by atoms with Gasteiger partial charge in [0.15, 0.2) is 5.82 Å². The van der Waals surface area contributed by atoms with E-state index >= 15 is 0 Å². The van der Waals surface area contributed by atoms with E-state index in [1.54, 1.807) is 26.2 Å². The van der Waals surface area contributed by atoms with Crippen LogP contribution in [0.3, 0.4) is 0 Å². The maximum absolute atomic E-state index is 12.5. The highest BCUT2D eigenvalue weighted by molar-refractivity contribution is 5.95. The van der Waals surface area contributed by atoms with Crippen LogP contribution in [0, 0.1) is 13.8 Å². The molecule has 1 fully saturated rings. The number of hydrogen-bond donors (Lipinski definition) is 2. The second-order valence-corrected chi connectivity index (χ2v) is 5.92. The molecule has 1 saturated heterocycles. The Hall–Kier alpha value is -2.77. The third kappa shape index (κ3) is 3.42. The monoisotopic (exact) mass is 328 g/mol. The molecule has 24 heavy (non-hydrogen) atoms. The van der Waals surface area contributed by atoms with E-state index in [-0.39, 0.29) is 17.5 Å². The first kappa shape index (κ1) is 16.1. The number of aromatic nitrogens is 4. The highest BCUT2D eigenvalue weighted by Crippen LogP contribution is 2.15. The standard InChI is InChI=1S/C16H20N6O2/c1-10-13(8-19-11(2)20-10)15(23)21-12-4-3-7-22(9-12)14-16(24)18-6-5-17-14/h5-6,8,12H,3-4,7,9H2,1-2H3,(H,18,24)(H,21,23). The molecule has 8 nitrogen and oxygen atoms in total. The number of aromatic amines is 1. The van der Waals surface area contributed by atoms with Gasteiger partial charge in [-0.1, -0.05) is 0 Å². The van der Waals surface area contributed by atoms with Gasteiger partial charge in [-0.2, -0.15) is 0 Å². The van der Waals surface area contributed by atoms with E-state index < -0.39 is 0 Å². The van der Waals surface area contributed by atoms with Crippen molar-refractivity contribution < 1.29 is 4.79 Å². The van der Waals surface area contributed by atoms with Crippen molar-refractivity contribution >= 4 is 11.7 Å². The molecule has 0 aromatic carbocycles. The summed E-state index contributed by atoms with van der Waals surface area (Å²) in [4.78, 5) is 41.3. The minimum Gasteiger partial charge on any atom is -0.350 e. The van der Waals surface area contributed by atoms with Gasteiger partial charge in [-0.15, -0.1) is 0 Å². The zero-order valence-corrected chi connectivity index (χ0v) is 13.7. The number of nitrogens with one attached hydrogen (secondary N) is 2. The number of amides is 1. The van der Waals surface area contributed by atoms with Crippen LogP contribution >= 0.6 is 0 Å². The molecule has 1 atom stereocenters. The topological polar surface area (TPSA) is 104 Å².